The van der Waals surface area contributed by atoms with Gasteiger partial charge in [-0.05, 0) is 36.2 Å². The van der Waals surface area contributed by atoms with Crippen LogP contribution < -0.4 is 16.0 Å². The predicted octanol–water partition coefficient (Wildman–Crippen LogP) is 3.01. The molecule has 5 nitrogen and oxygen atoms in total. The van der Waals surface area contributed by atoms with Gasteiger partial charge in [0.15, 0.2) is 0 Å². The van der Waals surface area contributed by atoms with Gasteiger partial charge in [-0.25, -0.2) is 4.79 Å². The molecular weight excluding hydrogens is 278 g/mol. The number of anilines is 2. The molecule has 114 valence electrons. The standard InChI is InChI=1S/C17H19N3O2/c1-18-16(21)12-9-13-7-10-15(11-8-13)20-17(22)19-14-5-3-2-4-6-14/h2-8,10-11H,9,12H2,1H3,(H,18,21)(H2,19,20,22). The number of para-hydroxylation sites is 1. The Morgan fingerprint density at radius 2 is 1.45 bits per heavy atom. The first kappa shape index (κ1) is 15.6. The number of hydrogen-bond donors (Lipinski definition) is 3. The molecule has 0 heterocycles. The van der Waals surface area contributed by atoms with Crippen LogP contribution in [0.2, 0.25) is 0 Å². The molecule has 2 aromatic carbocycles. The van der Waals surface area contributed by atoms with Gasteiger partial charge in [0.05, 0.1) is 0 Å². The summed E-state index contributed by atoms with van der Waals surface area (Å²) >= 11 is 0. The van der Waals surface area contributed by atoms with Crippen LogP contribution in [-0.4, -0.2) is 19.0 Å². The summed E-state index contributed by atoms with van der Waals surface area (Å²) in [5.74, 6) is 0.0180. The first-order chi connectivity index (χ1) is 10.7. The van der Waals surface area contributed by atoms with Crippen molar-refractivity contribution in [1.29, 1.82) is 0 Å². The van der Waals surface area contributed by atoms with Crippen LogP contribution in [0.25, 0.3) is 0 Å². The summed E-state index contributed by atoms with van der Waals surface area (Å²) < 4.78 is 0. The van der Waals surface area contributed by atoms with E-state index in [0.29, 0.717) is 18.5 Å². The highest BCUT2D eigenvalue weighted by atomic mass is 16.2. The lowest BCUT2D eigenvalue weighted by Crippen LogP contribution is -2.19. The first-order valence-electron chi connectivity index (χ1n) is 7.10. The maximum absolute atomic E-state index is 11.8. The smallest absolute Gasteiger partial charge is 0.323 e. The third kappa shape index (κ3) is 4.94. The lowest BCUT2D eigenvalue weighted by atomic mass is 10.1. The number of carbonyl (C=O) groups excluding carboxylic acids is 2. The van der Waals surface area contributed by atoms with Crippen LogP contribution in [0.3, 0.4) is 0 Å². The Balaban J connectivity index is 1.85. The van der Waals surface area contributed by atoms with E-state index in [1.807, 2.05) is 54.6 Å². The van der Waals surface area contributed by atoms with Gasteiger partial charge in [0.25, 0.3) is 0 Å². The van der Waals surface area contributed by atoms with Gasteiger partial charge >= 0.3 is 6.03 Å². The van der Waals surface area contributed by atoms with E-state index in [9.17, 15) is 9.59 Å². The summed E-state index contributed by atoms with van der Waals surface area (Å²) in [6.45, 7) is 0. The van der Waals surface area contributed by atoms with Gasteiger partial charge < -0.3 is 16.0 Å². The number of rotatable bonds is 5. The number of carbonyl (C=O) groups is 2. The minimum absolute atomic E-state index is 0.0180. The molecule has 0 saturated heterocycles. The van der Waals surface area contributed by atoms with Gasteiger partial charge in [0.1, 0.15) is 0 Å². The third-order valence-electron chi connectivity index (χ3n) is 3.16. The number of nitrogens with one attached hydrogen (secondary N) is 3. The highest BCUT2D eigenvalue weighted by Gasteiger charge is 2.03. The van der Waals surface area contributed by atoms with Crippen LogP contribution in [0.15, 0.2) is 54.6 Å². The highest BCUT2D eigenvalue weighted by molar-refractivity contribution is 5.99. The van der Waals surface area contributed by atoms with Gasteiger partial charge in [0, 0.05) is 24.8 Å². The van der Waals surface area contributed by atoms with Crippen LogP contribution >= 0.6 is 0 Å². The molecule has 2 rings (SSSR count). The number of amides is 3. The maximum atomic E-state index is 11.8. The van der Waals surface area contributed by atoms with E-state index in [0.717, 1.165) is 11.3 Å². The van der Waals surface area contributed by atoms with Crippen LogP contribution in [0.1, 0.15) is 12.0 Å². The molecule has 0 spiro atoms. The van der Waals surface area contributed by atoms with Crippen molar-refractivity contribution in [1.82, 2.24) is 5.32 Å². The largest absolute Gasteiger partial charge is 0.359 e. The van der Waals surface area contributed by atoms with Crippen molar-refractivity contribution >= 4 is 23.3 Å². The topological polar surface area (TPSA) is 70.2 Å². The SMILES string of the molecule is CNC(=O)CCc1ccc(NC(=O)Nc2ccccc2)cc1. The minimum atomic E-state index is -0.288. The minimum Gasteiger partial charge on any atom is -0.359 e. The summed E-state index contributed by atoms with van der Waals surface area (Å²) in [5.41, 5.74) is 2.50. The first-order valence-corrected chi connectivity index (χ1v) is 7.10. The maximum Gasteiger partial charge on any atom is 0.323 e. The lowest BCUT2D eigenvalue weighted by Gasteiger charge is -2.08. The Labute approximate surface area is 129 Å². The Bertz CT molecular complexity index is 624. The van der Waals surface area contributed by atoms with Crippen molar-refractivity contribution in [3.63, 3.8) is 0 Å². The average Bonchev–Trinajstić information content (AvgIpc) is 2.54. The monoisotopic (exact) mass is 297 g/mol. The Morgan fingerprint density at radius 1 is 0.864 bits per heavy atom. The molecular formula is C17H19N3O2. The molecule has 3 amide bonds. The van der Waals surface area contributed by atoms with Crippen LogP contribution in [0.4, 0.5) is 16.2 Å². The van der Waals surface area contributed by atoms with Crippen molar-refractivity contribution in [2.24, 2.45) is 0 Å². The second-order valence-electron chi connectivity index (χ2n) is 4.82. The molecule has 0 bridgehead atoms. The summed E-state index contributed by atoms with van der Waals surface area (Å²) in [6.07, 6.45) is 1.13. The van der Waals surface area contributed by atoms with Gasteiger partial charge in [-0.1, -0.05) is 30.3 Å². The molecule has 0 aliphatic carbocycles. The molecule has 0 fully saturated rings. The zero-order valence-electron chi connectivity index (χ0n) is 12.4. The van der Waals surface area contributed by atoms with E-state index >= 15 is 0 Å². The van der Waals surface area contributed by atoms with Crippen molar-refractivity contribution < 1.29 is 9.59 Å². The van der Waals surface area contributed by atoms with Gasteiger partial charge in [-0.2, -0.15) is 0 Å². The van der Waals surface area contributed by atoms with E-state index in [4.69, 9.17) is 0 Å². The molecule has 0 aliphatic heterocycles. The van der Waals surface area contributed by atoms with Gasteiger partial charge in [0.2, 0.25) is 5.91 Å². The third-order valence-corrected chi connectivity index (χ3v) is 3.16. The Morgan fingerprint density at radius 3 is 2.05 bits per heavy atom. The molecule has 0 atom stereocenters. The van der Waals surface area contributed by atoms with Crippen molar-refractivity contribution in [3.05, 3.63) is 60.2 Å². The average molecular weight is 297 g/mol. The molecule has 3 N–H and O–H groups in total. The number of aryl methyl sites for hydroxylation is 1. The molecule has 0 unspecified atom stereocenters. The van der Waals surface area contributed by atoms with Crippen molar-refractivity contribution in [2.45, 2.75) is 12.8 Å². The fourth-order valence-corrected chi connectivity index (χ4v) is 1.95. The summed E-state index contributed by atoms with van der Waals surface area (Å²) in [6, 6.07) is 16.4. The van der Waals surface area contributed by atoms with Crippen molar-refractivity contribution in [2.75, 3.05) is 17.7 Å². The molecule has 0 radical (unpaired) electrons. The van der Waals surface area contributed by atoms with Crippen LogP contribution in [0, 0.1) is 0 Å². The summed E-state index contributed by atoms with van der Waals surface area (Å²) in [7, 11) is 1.63. The quantitative estimate of drug-likeness (QED) is 0.794. The molecule has 5 heteroatoms. The van der Waals surface area contributed by atoms with Crippen LogP contribution in [-0.2, 0) is 11.2 Å². The zero-order valence-corrected chi connectivity index (χ0v) is 12.4. The van der Waals surface area contributed by atoms with E-state index < -0.39 is 0 Å². The highest BCUT2D eigenvalue weighted by Crippen LogP contribution is 2.12. The fourth-order valence-electron chi connectivity index (χ4n) is 1.95. The summed E-state index contributed by atoms with van der Waals surface area (Å²) in [4.78, 5) is 23.0. The second-order valence-corrected chi connectivity index (χ2v) is 4.82. The lowest BCUT2D eigenvalue weighted by molar-refractivity contribution is -0.120. The molecule has 0 aliphatic rings. The fraction of sp³-hybridized carbons (Fsp3) is 0.176. The molecule has 0 saturated carbocycles. The van der Waals surface area contributed by atoms with E-state index in [-0.39, 0.29) is 11.9 Å². The Hall–Kier alpha value is -2.82. The van der Waals surface area contributed by atoms with E-state index in [1.54, 1.807) is 7.05 Å². The zero-order chi connectivity index (χ0) is 15.8. The van der Waals surface area contributed by atoms with Crippen molar-refractivity contribution in [3.8, 4) is 0 Å². The second kappa shape index (κ2) is 7.83. The van der Waals surface area contributed by atoms with E-state index in [2.05, 4.69) is 16.0 Å². The number of hydrogen-bond acceptors (Lipinski definition) is 2. The van der Waals surface area contributed by atoms with Crippen LogP contribution in [0.5, 0.6) is 0 Å². The molecule has 22 heavy (non-hydrogen) atoms. The van der Waals surface area contributed by atoms with Gasteiger partial charge in [-0.15, -0.1) is 0 Å². The van der Waals surface area contributed by atoms with E-state index in [1.165, 1.54) is 0 Å². The van der Waals surface area contributed by atoms with Gasteiger partial charge in [-0.3, -0.25) is 4.79 Å². The normalized spacial score (nSPS) is 9.86. The Kier molecular flexibility index (Phi) is 5.54. The number of benzene rings is 2. The number of urea groups is 1. The summed E-state index contributed by atoms with van der Waals surface area (Å²) in [5, 5.41) is 8.11. The predicted molar refractivity (Wildman–Crippen MR) is 87.9 cm³/mol. The molecule has 0 aromatic heterocycles. The molecule has 2 aromatic rings.